The molecule has 0 radical (unpaired) electrons. The van der Waals surface area contributed by atoms with Gasteiger partial charge in [-0.3, -0.25) is 14.5 Å². The highest BCUT2D eigenvalue weighted by molar-refractivity contribution is 6.09. The molecule has 2 fully saturated rings. The van der Waals surface area contributed by atoms with E-state index < -0.39 is 17.5 Å². The highest BCUT2D eigenvalue weighted by Crippen LogP contribution is 2.29. The van der Waals surface area contributed by atoms with Gasteiger partial charge in [0.05, 0.1) is 11.6 Å². The largest absolute Gasteiger partial charge is 0.338 e. The van der Waals surface area contributed by atoms with E-state index in [-0.39, 0.29) is 18.5 Å². The van der Waals surface area contributed by atoms with Gasteiger partial charge in [0.25, 0.3) is 5.91 Å². The zero-order chi connectivity index (χ0) is 18.9. The summed E-state index contributed by atoms with van der Waals surface area (Å²) in [5.41, 5.74) is -0.351. The molecule has 0 aliphatic carbocycles. The van der Waals surface area contributed by atoms with Gasteiger partial charge < -0.3 is 10.2 Å². The Kier molecular flexibility index (Phi) is 4.68. The quantitative estimate of drug-likeness (QED) is 0.837. The number of amides is 4. The Morgan fingerprint density at radius 3 is 2.85 bits per heavy atom. The Labute approximate surface area is 152 Å². The monoisotopic (exact) mass is 354 g/mol. The molecule has 1 aromatic carbocycles. The molecule has 136 valence electrons. The number of carbonyl (C=O) groups is 3. The Hall–Kier alpha value is -2.88. The zero-order valence-corrected chi connectivity index (χ0v) is 15.0. The van der Waals surface area contributed by atoms with Crippen LogP contribution in [0, 0.1) is 11.3 Å². The molecule has 2 aliphatic heterocycles. The minimum atomic E-state index is -1.28. The van der Waals surface area contributed by atoms with Crippen LogP contribution in [0.2, 0.25) is 0 Å². The molecule has 26 heavy (non-hydrogen) atoms. The smallest absolute Gasteiger partial charge is 0.325 e. The number of nitriles is 1. The van der Waals surface area contributed by atoms with Crippen molar-refractivity contribution in [3.05, 3.63) is 35.4 Å². The van der Waals surface area contributed by atoms with E-state index in [2.05, 4.69) is 5.32 Å². The van der Waals surface area contributed by atoms with Crippen molar-refractivity contribution in [1.29, 1.82) is 5.26 Å². The summed E-state index contributed by atoms with van der Waals surface area (Å²) in [5, 5.41) is 11.7. The van der Waals surface area contributed by atoms with Crippen LogP contribution in [0.25, 0.3) is 0 Å². The summed E-state index contributed by atoms with van der Waals surface area (Å²) >= 11 is 0. The van der Waals surface area contributed by atoms with Crippen molar-refractivity contribution in [2.45, 2.75) is 44.7 Å². The van der Waals surface area contributed by atoms with Crippen molar-refractivity contribution in [1.82, 2.24) is 15.1 Å². The Bertz CT molecular complexity index is 800. The maximum atomic E-state index is 12.9. The van der Waals surface area contributed by atoms with Gasteiger partial charge >= 0.3 is 6.03 Å². The predicted molar refractivity (Wildman–Crippen MR) is 93.8 cm³/mol. The number of likely N-dealkylation sites (tertiary alicyclic amines) is 1. The van der Waals surface area contributed by atoms with E-state index in [1.165, 1.54) is 0 Å². The summed E-state index contributed by atoms with van der Waals surface area (Å²) in [6.45, 7) is 3.98. The summed E-state index contributed by atoms with van der Waals surface area (Å²) in [4.78, 5) is 40.6. The lowest BCUT2D eigenvalue weighted by molar-refractivity contribution is -0.140. The normalized spacial score (nSPS) is 25.8. The first-order valence-corrected chi connectivity index (χ1v) is 8.81. The average Bonchev–Trinajstić information content (AvgIpc) is 2.86. The second-order valence-electron chi connectivity index (χ2n) is 7.07. The SMILES string of the molecule is C[C@@H]1CCCCN1C(=O)CN1C(=O)N[C@@](C)(c2cccc(C#N)c2)C1=O. The van der Waals surface area contributed by atoms with E-state index in [9.17, 15) is 14.4 Å². The number of nitrogens with zero attached hydrogens (tertiary/aromatic N) is 3. The van der Waals surface area contributed by atoms with E-state index in [0.717, 1.165) is 24.2 Å². The predicted octanol–water partition coefficient (Wildman–Crippen LogP) is 1.73. The number of benzene rings is 1. The fourth-order valence-corrected chi connectivity index (χ4v) is 3.63. The van der Waals surface area contributed by atoms with Crippen molar-refractivity contribution >= 4 is 17.8 Å². The van der Waals surface area contributed by atoms with Gasteiger partial charge in [0, 0.05) is 12.6 Å². The molecule has 4 amide bonds. The third-order valence-corrected chi connectivity index (χ3v) is 5.26. The van der Waals surface area contributed by atoms with Crippen LogP contribution in [-0.2, 0) is 15.1 Å². The van der Waals surface area contributed by atoms with Crippen LogP contribution in [0.15, 0.2) is 24.3 Å². The Morgan fingerprint density at radius 1 is 1.38 bits per heavy atom. The van der Waals surface area contributed by atoms with E-state index >= 15 is 0 Å². The fraction of sp³-hybridized carbons (Fsp3) is 0.474. The van der Waals surface area contributed by atoms with Crippen LogP contribution in [0.5, 0.6) is 0 Å². The minimum Gasteiger partial charge on any atom is -0.338 e. The van der Waals surface area contributed by atoms with Crippen molar-refractivity contribution in [3.63, 3.8) is 0 Å². The Balaban J connectivity index is 1.80. The highest BCUT2D eigenvalue weighted by Gasteiger charge is 2.50. The molecule has 2 atom stereocenters. The fourth-order valence-electron chi connectivity index (χ4n) is 3.63. The van der Waals surface area contributed by atoms with Gasteiger partial charge in [0.1, 0.15) is 12.1 Å². The molecular weight excluding hydrogens is 332 g/mol. The number of piperidine rings is 1. The first-order valence-electron chi connectivity index (χ1n) is 8.81. The molecule has 0 bridgehead atoms. The van der Waals surface area contributed by atoms with Gasteiger partial charge in [-0.05, 0) is 50.8 Å². The number of carbonyl (C=O) groups excluding carboxylic acids is 3. The third kappa shape index (κ3) is 3.03. The molecule has 2 saturated heterocycles. The van der Waals surface area contributed by atoms with Crippen LogP contribution in [0.4, 0.5) is 4.79 Å². The lowest BCUT2D eigenvalue weighted by Gasteiger charge is -2.34. The van der Waals surface area contributed by atoms with Crippen molar-refractivity contribution in [3.8, 4) is 6.07 Å². The second-order valence-corrected chi connectivity index (χ2v) is 7.07. The third-order valence-electron chi connectivity index (χ3n) is 5.26. The number of urea groups is 1. The molecule has 0 saturated carbocycles. The van der Waals surface area contributed by atoms with Gasteiger partial charge in [-0.15, -0.1) is 0 Å². The molecule has 1 aromatic rings. The van der Waals surface area contributed by atoms with Crippen LogP contribution >= 0.6 is 0 Å². The lowest BCUT2D eigenvalue weighted by atomic mass is 9.91. The summed E-state index contributed by atoms with van der Waals surface area (Å²) in [6.07, 6.45) is 2.96. The molecule has 3 rings (SSSR count). The van der Waals surface area contributed by atoms with Gasteiger partial charge in [0.15, 0.2) is 0 Å². The summed E-state index contributed by atoms with van der Waals surface area (Å²) in [5.74, 6) is -0.689. The van der Waals surface area contributed by atoms with Gasteiger partial charge in [-0.2, -0.15) is 5.26 Å². The molecule has 1 N–H and O–H groups in total. The van der Waals surface area contributed by atoms with Crippen molar-refractivity contribution in [2.75, 3.05) is 13.1 Å². The molecule has 7 nitrogen and oxygen atoms in total. The molecule has 0 aromatic heterocycles. The topological polar surface area (TPSA) is 93.5 Å². The molecule has 2 heterocycles. The minimum absolute atomic E-state index is 0.121. The van der Waals surface area contributed by atoms with Crippen LogP contribution in [0.3, 0.4) is 0 Å². The van der Waals surface area contributed by atoms with E-state index in [1.807, 2.05) is 13.0 Å². The summed E-state index contributed by atoms with van der Waals surface area (Å²) in [7, 11) is 0. The molecule has 0 unspecified atom stereocenters. The van der Waals surface area contributed by atoms with E-state index in [1.54, 1.807) is 36.1 Å². The van der Waals surface area contributed by atoms with Gasteiger partial charge in [-0.1, -0.05) is 12.1 Å². The number of hydrogen-bond donors (Lipinski definition) is 1. The first kappa shape index (κ1) is 17.9. The van der Waals surface area contributed by atoms with Crippen LogP contribution < -0.4 is 5.32 Å². The van der Waals surface area contributed by atoms with Gasteiger partial charge in [-0.25, -0.2) is 4.79 Å². The molecule has 0 spiro atoms. The van der Waals surface area contributed by atoms with E-state index in [4.69, 9.17) is 5.26 Å². The molecule has 2 aliphatic rings. The lowest BCUT2D eigenvalue weighted by Crippen LogP contribution is -2.48. The summed E-state index contributed by atoms with van der Waals surface area (Å²) in [6, 6.07) is 8.13. The van der Waals surface area contributed by atoms with E-state index in [0.29, 0.717) is 17.7 Å². The van der Waals surface area contributed by atoms with Crippen molar-refractivity contribution < 1.29 is 14.4 Å². The Morgan fingerprint density at radius 2 is 2.15 bits per heavy atom. The maximum Gasteiger partial charge on any atom is 0.325 e. The van der Waals surface area contributed by atoms with Crippen LogP contribution in [0.1, 0.15) is 44.2 Å². The standard InChI is InChI=1S/C19H22N4O3/c1-13-6-3-4-9-22(13)16(24)12-23-17(25)19(2,21-18(23)26)15-8-5-7-14(10-15)11-20/h5,7-8,10,13H,3-4,6,9,12H2,1-2H3,(H,21,26)/t13-,19+/m1/s1. The van der Waals surface area contributed by atoms with Crippen LogP contribution in [-0.4, -0.2) is 46.8 Å². The number of rotatable bonds is 3. The first-order chi connectivity index (χ1) is 12.4. The molecular formula is C19H22N4O3. The highest BCUT2D eigenvalue weighted by atomic mass is 16.2. The number of nitrogens with one attached hydrogen (secondary N) is 1. The van der Waals surface area contributed by atoms with Gasteiger partial charge in [0.2, 0.25) is 5.91 Å². The zero-order valence-electron chi connectivity index (χ0n) is 15.0. The summed E-state index contributed by atoms with van der Waals surface area (Å²) < 4.78 is 0. The molecule has 7 heteroatoms. The number of hydrogen-bond acceptors (Lipinski definition) is 4. The second kappa shape index (κ2) is 6.79. The van der Waals surface area contributed by atoms with Crippen molar-refractivity contribution in [2.24, 2.45) is 0 Å². The maximum absolute atomic E-state index is 12.9. The number of imide groups is 1. The average molecular weight is 354 g/mol.